The predicted octanol–water partition coefficient (Wildman–Crippen LogP) is 2.66. The maximum atomic E-state index is 12.8. The summed E-state index contributed by atoms with van der Waals surface area (Å²) in [6.45, 7) is 0. The van der Waals surface area contributed by atoms with Crippen molar-refractivity contribution in [3.63, 3.8) is 0 Å². The third-order valence-electron chi connectivity index (χ3n) is 2.70. The first-order valence-corrected chi connectivity index (χ1v) is 5.58. The number of benzene rings is 2. The van der Waals surface area contributed by atoms with Gasteiger partial charge in [0.05, 0.1) is 5.71 Å². The standard InChI is InChI=1S/C14H12FNO3/c15-10-3-1-9(2-4-10)7-13(16-19)12-6-5-11(17)8-14(12)18/h1-6,8,17-19H,7H2/b16-13-. The van der Waals surface area contributed by atoms with Gasteiger partial charge >= 0.3 is 0 Å². The number of halogens is 1. The van der Waals surface area contributed by atoms with Crippen LogP contribution in [0.4, 0.5) is 4.39 Å². The molecule has 0 aliphatic rings. The van der Waals surface area contributed by atoms with Crippen LogP contribution in [0, 0.1) is 5.82 Å². The number of hydrogen-bond donors (Lipinski definition) is 3. The SMILES string of the molecule is O/N=C(/Cc1ccc(F)cc1)c1ccc(O)cc1O. The molecule has 2 rings (SSSR count). The molecular weight excluding hydrogens is 249 g/mol. The van der Waals surface area contributed by atoms with Crippen molar-refractivity contribution in [1.29, 1.82) is 0 Å². The molecule has 0 radical (unpaired) electrons. The van der Waals surface area contributed by atoms with E-state index < -0.39 is 0 Å². The molecular formula is C14H12FNO3. The molecule has 0 saturated heterocycles. The van der Waals surface area contributed by atoms with E-state index in [1.165, 1.54) is 24.3 Å². The number of phenols is 2. The predicted molar refractivity (Wildman–Crippen MR) is 68.2 cm³/mol. The second-order valence-corrected chi connectivity index (χ2v) is 4.05. The van der Waals surface area contributed by atoms with Gasteiger partial charge in [-0.2, -0.15) is 0 Å². The van der Waals surface area contributed by atoms with Gasteiger partial charge in [0.1, 0.15) is 17.3 Å². The van der Waals surface area contributed by atoms with Crippen LogP contribution in [-0.4, -0.2) is 21.1 Å². The van der Waals surface area contributed by atoms with Crippen LogP contribution in [0.2, 0.25) is 0 Å². The minimum atomic E-state index is -0.348. The van der Waals surface area contributed by atoms with E-state index in [-0.39, 0.29) is 29.4 Å². The highest BCUT2D eigenvalue weighted by Gasteiger charge is 2.11. The molecule has 3 N–H and O–H groups in total. The molecule has 5 heteroatoms. The van der Waals surface area contributed by atoms with Gasteiger partial charge in [-0.05, 0) is 29.8 Å². The Balaban J connectivity index is 2.28. The molecule has 0 spiro atoms. The van der Waals surface area contributed by atoms with E-state index in [2.05, 4.69) is 5.16 Å². The lowest BCUT2D eigenvalue weighted by Gasteiger charge is -2.07. The highest BCUT2D eigenvalue weighted by Crippen LogP contribution is 2.24. The maximum absolute atomic E-state index is 12.8. The molecule has 0 aliphatic heterocycles. The van der Waals surface area contributed by atoms with Crippen molar-refractivity contribution in [2.24, 2.45) is 5.16 Å². The van der Waals surface area contributed by atoms with Crippen molar-refractivity contribution >= 4 is 5.71 Å². The van der Waals surface area contributed by atoms with Crippen molar-refractivity contribution in [2.45, 2.75) is 6.42 Å². The normalized spacial score (nSPS) is 11.5. The molecule has 0 aromatic heterocycles. The summed E-state index contributed by atoms with van der Waals surface area (Å²) in [5.74, 6) is -0.617. The summed E-state index contributed by atoms with van der Waals surface area (Å²) in [7, 11) is 0. The number of aromatic hydroxyl groups is 2. The lowest BCUT2D eigenvalue weighted by molar-refractivity contribution is 0.318. The monoisotopic (exact) mass is 261 g/mol. The summed E-state index contributed by atoms with van der Waals surface area (Å²) in [6.07, 6.45) is 0.231. The summed E-state index contributed by atoms with van der Waals surface area (Å²) >= 11 is 0. The van der Waals surface area contributed by atoms with Crippen LogP contribution < -0.4 is 0 Å². The van der Waals surface area contributed by atoms with Gasteiger partial charge < -0.3 is 15.4 Å². The Bertz CT molecular complexity index is 609. The Kier molecular flexibility index (Phi) is 3.66. The molecule has 4 nitrogen and oxygen atoms in total. The lowest BCUT2D eigenvalue weighted by Crippen LogP contribution is -2.06. The van der Waals surface area contributed by atoms with E-state index in [1.807, 2.05) is 0 Å². The molecule has 98 valence electrons. The molecule has 0 heterocycles. The van der Waals surface area contributed by atoms with Crippen LogP contribution in [-0.2, 0) is 6.42 Å². The van der Waals surface area contributed by atoms with Crippen molar-refractivity contribution in [2.75, 3.05) is 0 Å². The molecule has 0 amide bonds. The number of oxime groups is 1. The zero-order valence-corrected chi connectivity index (χ0v) is 9.92. The van der Waals surface area contributed by atoms with Gasteiger partial charge in [0, 0.05) is 18.1 Å². The molecule has 0 bridgehead atoms. The van der Waals surface area contributed by atoms with E-state index in [0.29, 0.717) is 5.56 Å². The molecule has 2 aromatic carbocycles. The topological polar surface area (TPSA) is 73.1 Å². The van der Waals surface area contributed by atoms with Crippen molar-refractivity contribution in [1.82, 2.24) is 0 Å². The van der Waals surface area contributed by atoms with Crippen LogP contribution in [0.1, 0.15) is 11.1 Å². The summed E-state index contributed by atoms with van der Waals surface area (Å²) in [5.41, 5.74) is 1.27. The van der Waals surface area contributed by atoms with Gasteiger partial charge in [-0.25, -0.2) is 4.39 Å². The average molecular weight is 261 g/mol. The van der Waals surface area contributed by atoms with E-state index in [1.54, 1.807) is 12.1 Å². The van der Waals surface area contributed by atoms with Crippen molar-refractivity contribution in [3.05, 3.63) is 59.4 Å². The summed E-state index contributed by atoms with van der Waals surface area (Å²) < 4.78 is 12.8. The Morgan fingerprint density at radius 3 is 2.32 bits per heavy atom. The highest BCUT2D eigenvalue weighted by molar-refractivity contribution is 6.03. The van der Waals surface area contributed by atoms with Gasteiger partial charge in [0.2, 0.25) is 0 Å². The van der Waals surface area contributed by atoms with Gasteiger partial charge in [0.15, 0.2) is 0 Å². The smallest absolute Gasteiger partial charge is 0.128 e. The fraction of sp³-hybridized carbons (Fsp3) is 0.0714. The zero-order valence-electron chi connectivity index (χ0n) is 9.92. The number of nitrogens with zero attached hydrogens (tertiary/aromatic N) is 1. The third kappa shape index (κ3) is 3.01. The Labute approximate surface area is 109 Å². The Hall–Kier alpha value is -2.56. The number of hydrogen-bond acceptors (Lipinski definition) is 4. The van der Waals surface area contributed by atoms with Crippen LogP contribution in [0.5, 0.6) is 11.5 Å². The maximum Gasteiger partial charge on any atom is 0.128 e. The number of phenolic OH excluding ortho intramolecular Hbond substituents is 2. The van der Waals surface area contributed by atoms with E-state index >= 15 is 0 Å². The van der Waals surface area contributed by atoms with Gasteiger partial charge in [-0.3, -0.25) is 0 Å². The van der Waals surface area contributed by atoms with Crippen LogP contribution in [0.3, 0.4) is 0 Å². The van der Waals surface area contributed by atoms with E-state index in [0.717, 1.165) is 11.6 Å². The molecule has 0 atom stereocenters. The van der Waals surface area contributed by atoms with Crippen LogP contribution >= 0.6 is 0 Å². The lowest BCUT2D eigenvalue weighted by atomic mass is 10.0. The number of rotatable bonds is 3. The second-order valence-electron chi connectivity index (χ2n) is 4.05. The summed E-state index contributed by atoms with van der Waals surface area (Å²) in [6, 6.07) is 9.73. The first-order valence-electron chi connectivity index (χ1n) is 5.58. The van der Waals surface area contributed by atoms with Gasteiger partial charge in [-0.15, -0.1) is 0 Å². The largest absolute Gasteiger partial charge is 0.508 e. The summed E-state index contributed by atoms with van der Waals surface area (Å²) in [5, 5.41) is 31.1. The molecule has 0 aliphatic carbocycles. The van der Waals surface area contributed by atoms with Gasteiger partial charge in [-0.1, -0.05) is 17.3 Å². The Morgan fingerprint density at radius 2 is 1.74 bits per heavy atom. The quantitative estimate of drug-likeness (QED) is 0.452. The molecule has 2 aromatic rings. The third-order valence-corrected chi connectivity index (χ3v) is 2.70. The molecule has 0 unspecified atom stereocenters. The minimum absolute atomic E-state index is 0.0830. The molecule has 19 heavy (non-hydrogen) atoms. The van der Waals surface area contributed by atoms with Gasteiger partial charge in [0.25, 0.3) is 0 Å². The second kappa shape index (κ2) is 5.39. The minimum Gasteiger partial charge on any atom is -0.508 e. The first kappa shape index (κ1) is 12.9. The molecule has 0 fully saturated rings. The van der Waals surface area contributed by atoms with Crippen molar-refractivity contribution < 1.29 is 19.8 Å². The van der Waals surface area contributed by atoms with Crippen LogP contribution in [0.15, 0.2) is 47.6 Å². The fourth-order valence-electron chi connectivity index (χ4n) is 1.74. The zero-order chi connectivity index (χ0) is 13.8. The Morgan fingerprint density at radius 1 is 1.05 bits per heavy atom. The van der Waals surface area contributed by atoms with Crippen LogP contribution in [0.25, 0.3) is 0 Å². The fourth-order valence-corrected chi connectivity index (χ4v) is 1.74. The average Bonchev–Trinajstić information content (AvgIpc) is 2.39. The van der Waals surface area contributed by atoms with E-state index in [9.17, 15) is 14.6 Å². The summed E-state index contributed by atoms with van der Waals surface area (Å²) in [4.78, 5) is 0. The van der Waals surface area contributed by atoms with Crippen molar-refractivity contribution in [3.8, 4) is 11.5 Å². The van der Waals surface area contributed by atoms with E-state index in [4.69, 9.17) is 5.21 Å². The first-order chi connectivity index (χ1) is 9.10. The molecule has 0 saturated carbocycles. The highest BCUT2D eigenvalue weighted by atomic mass is 19.1.